The minimum absolute atomic E-state index is 0.0323. The molecule has 2 saturated heterocycles. The lowest BCUT2D eigenvalue weighted by Gasteiger charge is -2.39. The number of urea groups is 1. The van der Waals surface area contributed by atoms with Gasteiger partial charge in [0, 0.05) is 44.4 Å². The van der Waals surface area contributed by atoms with Crippen molar-refractivity contribution < 1.29 is 14.3 Å². The van der Waals surface area contributed by atoms with Crippen LogP contribution in [0, 0.1) is 5.92 Å². The third-order valence-electron chi connectivity index (χ3n) is 4.51. The highest BCUT2D eigenvalue weighted by Gasteiger charge is 2.42. The van der Waals surface area contributed by atoms with Gasteiger partial charge in [-0.25, -0.2) is 4.79 Å². The molecule has 3 heterocycles. The maximum Gasteiger partial charge on any atom is 0.317 e. The number of nitrogens with one attached hydrogen (secondary N) is 1. The molecule has 3 rings (SSSR count). The molecule has 0 unspecified atom stereocenters. The Balaban J connectivity index is 1.53. The van der Waals surface area contributed by atoms with Crippen molar-refractivity contribution >= 4 is 6.03 Å². The zero-order valence-electron chi connectivity index (χ0n) is 13.2. The molecule has 0 aliphatic carbocycles. The molecule has 7 nitrogen and oxygen atoms in total. The Morgan fingerprint density at radius 3 is 2.95 bits per heavy atom. The van der Waals surface area contributed by atoms with Gasteiger partial charge in [-0.2, -0.15) is 5.10 Å². The summed E-state index contributed by atoms with van der Waals surface area (Å²) in [6.07, 6.45) is 5.68. The summed E-state index contributed by atoms with van der Waals surface area (Å²) in [6, 6.07) is -0.0323. The van der Waals surface area contributed by atoms with Gasteiger partial charge in [0.25, 0.3) is 0 Å². The highest BCUT2D eigenvalue weighted by atomic mass is 16.7. The van der Waals surface area contributed by atoms with Crippen LogP contribution in [0.5, 0.6) is 0 Å². The second-order valence-corrected chi connectivity index (χ2v) is 6.18. The Morgan fingerprint density at radius 1 is 1.50 bits per heavy atom. The summed E-state index contributed by atoms with van der Waals surface area (Å²) in [6.45, 7) is 5.22. The predicted octanol–water partition coefficient (Wildman–Crippen LogP) is 1.10. The zero-order chi connectivity index (χ0) is 15.6. The Bertz CT molecular complexity index is 525. The van der Waals surface area contributed by atoms with Gasteiger partial charge in [0.2, 0.25) is 0 Å². The van der Waals surface area contributed by atoms with Gasteiger partial charge in [0.05, 0.1) is 19.4 Å². The third kappa shape index (κ3) is 3.25. The van der Waals surface area contributed by atoms with E-state index in [1.54, 1.807) is 10.9 Å². The van der Waals surface area contributed by atoms with Crippen molar-refractivity contribution in [3.05, 3.63) is 18.0 Å². The van der Waals surface area contributed by atoms with Crippen molar-refractivity contribution in [3.8, 4) is 0 Å². The van der Waals surface area contributed by atoms with Crippen molar-refractivity contribution in [3.63, 3.8) is 0 Å². The normalized spacial score (nSPS) is 24.5. The average molecular weight is 308 g/mol. The number of likely N-dealkylation sites (tertiary alicyclic amines) is 1. The van der Waals surface area contributed by atoms with E-state index in [4.69, 9.17) is 9.47 Å². The van der Waals surface area contributed by atoms with Crippen LogP contribution >= 0.6 is 0 Å². The van der Waals surface area contributed by atoms with Crippen LogP contribution < -0.4 is 5.32 Å². The molecule has 1 aromatic heterocycles. The van der Waals surface area contributed by atoms with Crippen LogP contribution in [0.4, 0.5) is 4.79 Å². The van der Waals surface area contributed by atoms with Crippen LogP contribution in [0.2, 0.25) is 0 Å². The number of ether oxygens (including phenoxy) is 2. The molecule has 0 spiro atoms. The molecule has 0 aromatic carbocycles. The lowest BCUT2D eigenvalue weighted by molar-refractivity contribution is -0.189. The smallest absolute Gasteiger partial charge is 0.317 e. The lowest BCUT2D eigenvalue weighted by Crippen LogP contribution is -2.51. The zero-order valence-corrected chi connectivity index (χ0v) is 13.2. The molecule has 1 aromatic rings. The molecular weight excluding hydrogens is 284 g/mol. The van der Waals surface area contributed by atoms with Gasteiger partial charge >= 0.3 is 6.03 Å². The third-order valence-corrected chi connectivity index (χ3v) is 4.51. The number of aryl methyl sites for hydroxylation is 1. The molecule has 122 valence electrons. The summed E-state index contributed by atoms with van der Waals surface area (Å²) in [4.78, 5) is 14.2. The second kappa shape index (κ2) is 6.26. The summed E-state index contributed by atoms with van der Waals surface area (Å²) < 4.78 is 13.2. The fourth-order valence-electron chi connectivity index (χ4n) is 3.21. The molecule has 1 N–H and O–H groups in total. The number of amides is 2. The number of hydrogen-bond acceptors (Lipinski definition) is 4. The summed E-state index contributed by atoms with van der Waals surface area (Å²) in [5.41, 5.74) is 0.999. The molecule has 22 heavy (non-hydrogen) atoms. The van der Waals surface area contributed by atoms with Crippen LogP contribution in [0.1, 0.15) is 25.3 Å². The fraction of sp³-hybridized carbons (Fsp3) is 0.733. The van der Waals surface area contributed by atoms with E-state index < -0.39 is 5.79 Å². The van der Waals surface area contributed by atoms with Crippen LogP contribution in [0.15, 0.2) is 12.4 Å². The Morgan fingerprint density at radius 2 is 2.27 bits per heavy atom. The first-order valence-corrected chi connectivity index (χ1v) is 7.85. The van der Waals surface area contributed by atoms with Crippen molar-refractivity contribution in [2.45, 2.75) is 32.1 Å². The van der Waals surface area contributed by atoms with Gasteiger partial charge in [0.1, 0.15) is 0 Å². The monoisotopic (exact) mass is 308 g/mol. The Hall–Kier alpha value is -1.60. The van der Waals surface area contributed by atoms with E-state index in [1.165, 1.54) is 0 Å². The van der Waals surface area contributed by atoms with E-state index >= 15 is 0 Å². The van der Waals surface area contributed by atoms with Gasteiger partial charge in [-0.15, -0.1) is 0 Å². The van der Waals surface area contributed by atoms with E-state index in [0.717, 1.165) is 24.9 Å². The Labute approximate surface area is 130 Å². The van der Waals surface area contributed by atoms with Crippen molar-refractivity contribution in [1.29, 1.82) is 0 Å². The molecule has 2 fully saturated rings. The quantitative estimate of drug-likeness (QED) is 0.908. The molecule has 0 saturated carbocycles. The van der Waals surface area contributed by atoms with Crippen LogP contribution in [-0.2, 0) is 23.1 Å². The second-order valence-electron chi connectivity index (χ2n) is 6.18. The van der Waals surface area contributed by atoms with E-state index in [9.17, 15) is 4.79 Å². The number of piperidine rings is 1. The summed E-state index contributed by atoms with van der Waals surface area (Å²) in [5, 5.41) is 7.06. The number of rotatable bonds is 3. The molecule has 0 radical (unpaired) electrons. The molecule has 0 bridgehead atoms. The maximum atomic E-state index is 12.3. The van der Waals surface area contributed by atoms with E-state index in [-0.39, 0.29) is 11.9 Å². The van der Waals surface area contributed by atoms with Gasteiger partial charge in [0.15, 0.2) is 5.79 Å². The van der Waals surface area contributed by atoms with Gasteiger partial charge in [-0.3, -0.25) is 4.68 Å². The number of carbonyl (C=O) groups excluding carboxylic acids is 1. The summed E-state index contributed by atoms with van der Waals surface area (Å²) >= 11 is 0. The topological polar surface area (TPSA) is 68.6 Å². The van der Waals surface area contributed by atoms with Crippen LogP contribution in [-0.4, -0.2) is 52.8 Å². The van der Waals surface area contributed by atoms with Crippen LogP contribution in [0.3, 0.4) is 0 Å². The van der Waals surface area contributed by atoms with Crippen molar-refractivity contribution in [2.75, 3.05) is 26.3 Å². The van der Waals surface area contributed by atoms with E-state index in [1.807, 2.05) is 25.1 Å². The minimum atomic E-state index is -0.539. The molecule has 7 heteroatoms. The first kappa shape index (κ1) is 15.3. The predicted molar refractivity (Wildman–Crippen MR) is 80.0 cm³/mol. The van der Waals surface area contributed by atoms with Gasteiger partial charge < -0.3 is 19.7 Å². The molecule has 1 atom stereocenters. The standard InChI is InChI=1S/C15H24N4O3/c1-15(21-6-7-22-15)13-4-3-5-19(11-13)14(20)16-8-12-9-17-18(2)10-12/h9-10,13H,3-8,11H2,1-2H3,(H,16,20)/t13-/m0/s1. The lowest BCUT2D eigenvalue weighted by atomic mass is 9.90. The SMILES string of the molecule is Cn1cc(CNC(=O)N2CCC[C@H](C3(C)OCCO3)C2)cn1. The molecule has 2 aliphatic heterocycles. The number of carbonyl (C=O) groups is 1. The van der Waals surface area contributed by atoms with E-state index in [2.05, 4.69) is 10.4 Å². The van der Waals surface area contributed by atoms with Crippen molar-refractivity contribution in [1.82, 2.24) is 20.0 Å². The maximum absolute atomic E-state index is 12.3. The average Bonchev–Trinajstić information content (AvgIpc) is 3.14. The van der Waals surface area contributed by atoms with Gasteiger partial charge in [-0.1, -0.05) is 0 Å². The minimum Gasteiger partial charge on any atom is -0.347 e. The number of hydrogen-bond donors (Lipinski definition) is 1. The first-order valence-electron chi connectivity index (χ1n) is 7.85. The fourth-order valence-corrected chi connectivity index (χ4v) is 3.21. The molecular formula is C15H24N4O3. The molecule has 2 aliphatic rings. The largest absolute Gasteiger partial charge is 0.347 e. The van der Waals surface area contributed by atoms with E-state index in [0.29, 0.717) is 26.3 Å². The summed E-state index contributed by atoms with van der Waals surface area (Å²) in [7, 11) is 1.86. The number of nitrogens with zero attached hydrogens (tertiary/aromatic N) is 3. The molecule has 2 amide bonds. The van der Waals surface area contributed by atoms with Crippen molar-refractivity contribution in [2.24, 2.45) is 13.0 Å². The highest BCUT2D eigenvalue weighted by molar-refractivity contribution is 5.74. The first-order chi connectivity index (χ1) is 10.6. The van der Waals surface area contributed by atoms with Gasteiger partial charge in [-0.05, 0) is 19.8 Å². The van der Waals surface area contributed by atoms with Crippen LogP contribution in [0.25, 0.3) is 0 Å². The number of aromatic nitrogens is 2. The Kier molecular flexibility index (Phi) is 4.35. The summed E-state index contributed by atoms with van der Waals surface area (Å²) in [5.74, 6) is -0.310. The highest BCUT2D eigenvalue weighted by Crippen LogP contribution is 2.34.